The largest absolute Gasteiger partial charge is 0.440 e. The number of benzene rings is 3. The molecule has 0 spiro atoms. The highest BCUT2D eigenvalue weighted by Crippen LogP contribution is 2.47. The van der Waals surface area contributed by atoms with Gasteiger partial charge < -0.3 is 10.5 Å². The second kappa shape index (κ2) is 7.05. The van der Waals surface area contributed by atoms with Crippen LogP contribution in [0.1, 0.15) is 29.5 Å². The molecule has 2 heterocycles. The highest BCUT2D eigenvalue weighted by Gasteiger charge is 2.34. The molecular weight excluding hydrogens is 394 g/mol. The third-order valence-electron chi connectivity index (χ3n) is 5.69. The number of halogens is 1. The number of nitrogens with zero attached hydrogens (tertiary/aromatic N) is 2. The number of rotatable bonds is 2. The fourth-order valence-electron chi connectivity index (χ4n) is 4.19. The van der Waals surface area contributed by atoms with Crippen LogP contribution in [-0.2, 0) is 6.42 Å². The molecule has 0 saturated heterocycles. The zero-order chi connectivity index (χ0) is 20.8. The van der Waals surface area contributed by atoms with E-state index < -0.39 is 5.92 Å². The summed E-state index contributed by atoms with van der Waals surface area (Å²) in [7, 11) is 0. The molecule has 0 bridgehead atoms. The number of hydrogen-bond donors (Lipinski definition) is 1. The first-order chi connectivity index (χ1) is 14.6. The fourth-order valence-corrected chi connectivity index (χ4v) is 4.45. The predicted octanol–water partition coefficient (Wildman–Crippen LogP) is 5.82. The van der Waals surface area contributed by atoms with E-state index in [0.717, 1.165) is 39.2 Å². The average Bonchev–Trinajstić information content (AvgIpc) is 2.77. The lowest BCUT2D eigenvalue weighted by Crippen LogP contribution is -2.21. The van der Waals surface area contributed by atoms with Gasteiger partial charge in [0.25, 0.3) is 0 Å². The van der Waals surface area contributed by atoms with Gasteiger partial charge in [-0.1, -0.05) is 54.9 Å². The molecule has 1 aliphatic heterocycles. The van der Waals surface area contributed by atoms with E-state index in [0.29, 0.717) is 16.5 Å². The topological polar surface area (TPSA) is 71.9 Å². The Morgan fingerprint density at radius 2 is 1.93 bits per heavy atom. The van der Waals surface area contributed by atoms with Crippen molar-refractivity contribution in [2.45, 2.75) is 19.3 Å². The van der Waals surface area contributed by atoms with Crippen LogP contribution in [0.25, 0.3) is 21.7 Å². The number of fused-ring (bicyclic) bond motifs is 4. The maximum atomic E-state index is 9.95. The number of allylic oxidation sites excluding steroid dienone is 1. The Morgan fingerprint density at radius 1 is 1.10 bits per heavy atom. The number of ether oxygens (including phenoxy) is 1. The van der Waals surface area contributed by atoms with Crippen molar-refractivity contribution in [3.05, 3.63) is 94.0 Å². The van der Waals surface area contributed by atoms with E-state index in [4.69, 9.17) is 22.1 Å². The molecule has 0 amide bonds. The molecule has 5 rings (SSSR count). The van der Waals surface area contributed by atoms with Crippen molar-refractivity contribution >= 4 is 33.3 Å². The Kier molecular flexibility index (Phi) is 4.34. The lowest BCUT2D eigenvalue weighted by Gasteiger charge is -2.28. The predicted molar refractivity (Wildman–Crippen MR) is 119 cm³/mol. The van der Waals surface area contributed by atoms with Crippen molar-refractivity contribution in [3.8, 4) is 11.8 Å². The first-order valence-corrected chi connectivity index (χ1v) is 10.2. The van der Waals surface area contributed by atoms with Crippen molar-refractivity contribution in [1.82, 2.24) is 4.98 Å². The molecule has 1 unspecified atom stereocenters. The molecule has 4 nitrogen and oxygen atoms in total. The average molecular weight is 412 g/mol. The summed E-state index contributed by atoms with van der Waals surface area (Å²) >= 11 is 6.67. The lowest BCUT2D eigenvalue weighted by atomic mass is 9.81. The van der Waals surface area contributed by atoms with Gasteiger partial charge in [-0.3, -0.25) is 0 Å². The van der Waals surface area contributed by atoms with Crippen LogP contribution in [0.3, 0.4) is 0 Å². The number of pyridine rings is 1. The van der Waals surface area contributed by atoms with Gasteiger partial charge in [-0.25, -0.2) is 4.98 Å². The molecule has 30 heavy (non-hydrogen) atoms. The third-order valence-corrected chi connectivity index (χ3v) is 6.00. The second-order valence-electron chi connectivity index (χ2n) is 7.37. The van der Waals surface area contributed by atoms with Crippen LogP contribution in [0.5, 0.6) is 5.75 Å². The summed E-state index contributed by atoms with van der Waals surface area (Å²) in [6.07, 6.45) is 0.926. The van der Waals surface area contributed by atoms with Gasteiger partial charge in [0.2, 0.25) is 5.88 Å². The van der Waals surface area contributed by atoms with Crippen LogP contribution >= 0.6 is 11.6 Å². The lowest BCUT2D eigenvalue weighted by molar-refractivity contribution is 0.395. The summed E-state index contributed by atoms with van der Waals surface area (Å²) < 4.78 is 5.83. The Labute approximate surface area is 179 Å². The van der Waals surface area contributed by atoms with Crippen molar-refractivity contribution in [1.29, 1.82) is 5.26 Å². The van der Waals surface area contributed by atoms with E-state index in [1.807, 2.05) is 48.5 Å². The molecule has 0 aliphatic carbocycles. The molecule has 0 radical (unpaired) electrons. The molecule has 2 N–H and O–H groups in total. The van der Waals surface area contributed by atoms with Crippen molar-refractivity contribution in [3.63, 3.8) is 0 Å². The molecule has 5 heteroatoms. The summed E-state index contributed by atoms with van der Waals surface area (Å²) in [5.74, 6) is 0.275. The number of aromatic nitrogens is 1. The van der Waals surface area contributed by atoms with Gasteiger partial charge in [0.1, 0.15) is 22.5 Å². The standard InChI is InChI=1S/C25H18ClN3O/c1-2-14-7-9-20-16(11-14)12-18(24(26)29-20)22-19(13-27)25(28)30-21-10-8-15-5-3-4-6-17(15)23(21)22/h3-12,22H,2,28H2,1H3. The van der Waals surface area contributed by atoms with Gasteiger partial charge in [-0.15, -0.1) is 0 Å². The molecule has 3 aromatic carbocycles. The molecule has 1 atom stereocenters. The van der Waals surface area contributed by atoms with Gasteiger partial charge in [0, 0.05) is 16.5 Å². The van der Waals surface area contributed by atoms with Crippen LogP contribution in [0, 0.1) is 11.3 Å². The molecule has 1 aromatic heterocycles. The van der Waals surface area contributed by atoms with Crippen molar-refractivity contribution in [2.75, 3.05) is 0 Å². The normalized spacial score (nSPS) is 15.7. The Morgan fingerprint density at radius 3 is 2.73 bits per heavy atom. The summed E-state index contributed by atoms with van der Waals surface area (Å²) in [5.41, 5.74) is 10.2. The minimum absolute atomic E-state index is 0.101. The summed E-state index contributed by atoms with van der Waals surface area (Å²) in [4.78, 5) is 4.62. The minimum Gasteiger partial charge on any atom is -0.440 e. The van der Waals surface area contributed by atoms with Gasteiger partial charge in [-0.2, -0.15) is 5.26 Å². The number of nitriles is 1. The molecule has 0 fully saturated rings. The Bertz CT molecular complexity index is 1400. The molecule has 1 aliphatic rings. The minimum atomic E-state index is -0.459. The zero-order valence-corrected chi connectivity index (χ0v) is 17.1. The van der Waals surface area contributed by atoms with E-state index >= 15 is 0 Å². The number of aryl methyl sites for hydroxylation is 1. The van der Waals surface area contributed by atoms with E-state index in [1.165, 1.54) is 5.56 Å². The quantitative estimate of drug-likeness (QED) is 0.422. The van der Waals surface area contributed by atoms with Crippen molar-refractivity contribution < 1.29 is 4.74 Å². The number of hydrogen-bond acceptors (Lipinski definition) is 4. The first-order valence-electron chi connectivity index (χ1n) is 9.79. The smallest absolute Gasteiger partial charge is 0.205 e. The Hall–Kier alpha value is -3.55. The SMILES string of the molecule is CCc1ccc2nc(Cl)c(C3C(C#N)=C(N)Oc4ccc5ccccc5c43)cc2c1. The van der Waals surface area contributed by atoms with Crippen LogP contribution in [-0.4, -0.2) is 4.98 Å². The van der Waals surface area contributed by atoms with Gasteiger partial charge in [-0.05, 0) is 47.0 Å². The van der Waals surface area contributed by atoms with E-state index in [-0.39, 0.29) is 5.88 Å². The van der Waals surface area contributed by atoms with Crippen LogP contribution in [0.4, 0.5) is 0 Å². The van der Waals surface area contributed by atoms with Crippen LogP contribution in [0.2, 0.25) is 5.15 Å². The molecule has 4 aromatic rings. The summed E-state index contributed by atoms with van der Waals surface area (Å²) in [6, 6.07) is 22.3. The zero-order valence-electron chi connectivity index (χ0n) is 16.3. The maximum Gasteiger partial charge on any atom is 0.205 e. The highest BCUT2D eigenvalue weighted by molar-refractivity contribution is 6.30. The fraction of sp³-hybridized carbons (Fsp3) is 0.120. The maximum absolute atomic E-state index is 9.95. The van der Waals surface area contributed by atoms with Crippen LogP contribution in [0.15, 0.2) is 72.1 Å². The number of nitrogens with two attached hydrogens (primary N) is 1. The highest BCUT2D eigenvalue weighted by atomic mass is 35.5. The van der Waals surface area contributed by atoms with Gasteiger partial charge in [0.05, 0.1) is 11.4 Å². The van der Waals surface area contributed by atoms with E-state index in [9.17, 15) is 5.26 Å². The summed E-state index contributed by atoms with van der Waals surface area (Å²) in [5, 5.41) is 13.3. The van der Waals surface area contributed by atoms with E-state index in [1.54, 1.807) is 0 Å². The Balaban J connectivity index is 1.85. The van der Waals surface area contributed by atoms with Gasteiger partial charge in [0.15, 0.2) is 0 Å². The molecule has 146 valence electrons. The molecule has 0 saturated carbocycles. The van der Waals surface area contributed by atoms with Gasteiger partial charge >= 0.3 is 0 Å². The van der Waals surface area contributed by atoms with Crippen LogP contribution < -0.4 is 10.5 Å². The van der Waals surface area contributed by atoms with Crippen molar-refractivity contribution in [2.24, 2.45) is 5.73 Å². The monoisotopic (exact) mass is 411 g/mol. The second-order valence-corrected chi connectivity index (χ2v) is 7.73. The third kappa shape index (κ3) is 2.79. The van der Waals surface area contributed by atoms with E-state index in [2.05, 4.69) is 30.1 Å². The molecular formula is C25H18ClN3O. The first kappa shape index (κ1) is 18.5. The summed E-state index contributed by atoms with van der Waals surface area (Å²) in [6.45, 7) is 2.11.